The minimum absolute atomic E-state index is 0.0886. The summed E-state index contributed by atoms with van der Waals surface area (Å²) in [6, 6.07) is 0. The predicted molar refractivity (Wildman–Crippen MR) is 69.3 cm³/mol. The van der Waals surface area contributed by atoms with Gasteiger partial charge in [0.25, 0.3) is 0 Å². The van der Waals surface area contributed by atoms with Crippen molar-refractivity contribution in [3.63, 3.8) is 0 Å². The molecule has 0 spiro atoms. The van der Waals surface area contributed by atoms with Gasteiger partial charge in [0.05, 0.1) is 7.11 Å². The molecule has 0 aromatic rings. The average molecular weight is 270 g/mol. The Morgan fingerprint density at radius 3 is 2.37 bits per heavy atom. The van der Waals surface area contributed by atoms with Gasteiger partial charge in [0.15, 0.2) is 0 Å². The normalized spacial score (nSPS) is 18.6. The van der Waals surface area contributed by atoms with Crippen LogP contribution in [0.1, 0.15) is 39.0 Å². The van der Waals surface area contributed by atoms with Gasteiger partial charge in [-0.15, -0.1) is 0 Å². The van der Waals surface area contributed by atoms with Crippen LogP contribution in [0.15, 0.2) is 0 Å². The Balaban J connectivity index is 2.35. The highest BCUT2D eigenvalue weighted by molar-refractivity contribution is 6.01. The molecule has 0 aromatic carbocycles. The molecule has 0 bridgehead atoms. The molecule has 1 heterocycles. The summed E-state index contributed by atoms with van der Waals surface area (Å²) in [5, 5.41) is 2.95. The Morgan fingerprint density at radius 1 is 1.32 bits per heavy atom. The fourth-order valence-electron chi connectivity index (χ4n) is 2.18. The molecule has 108 valence electrons. The number of esters is 1. The van der Waals surface area contributed by atoms with Crippen LogP contribution in [-0.2, 0) is 19.1 Å². The highest BCUT2D eigenvalue weighted by Gasteiger charge is 2.32. The van der Waals surface area contributed by atoms with Crippen LogP contribution in [0.5, 0.6) is 0 Å². The van der Waals surface area contributed by atoms with Crippen molar-refractivity contribution in [2.45, 2.75) is 44.6 Å². The first-order valence-electron chi connectivity index (χ1n) is 6.55. The van der Waals surface area contributed by atoms with Gasteiger partial charge in [0, 0.05) is 19.4 Å². The monoisotopic (exact) mass is 270 g/mol. The largest absolute Gasteiger partial charge is 0.468 e. The lowest BCUT2D eigenvalue weighted by atomic mass is 9.95. The Kier molecular flexibility index (Phi) is 5.47. The van der Waals surface area contributed by atoms with Gasteiger partial charge < -0.3 is 10.1 Å². The summed E-state index contributed by atoms with van der Waals surface area (Å²) in [4.78, 5) is 35.7. The number of nitrogens with zero attached hydrogens (tertiary/aromatic N) is 1. The molecule has 1 aliphatic heterocycles. The van der Waals surface area contributed by atoms with Gasteiger partial charge in [-0.1, -0.05) is 0 Å². The van der Waals surface area contributed by atoms with E-state index in [1.807, 2.05) is 0 Å². The second kappa shape index (κ2) is 6.65. The predicted octanol–water partition coefficient (Wildman–Crippen LogP) is 0.457. The molecule has 0 aromatic heterocycles. The van der Waals surface area contributed by atoms with E-state index in [0.717, 1.165) is 6.42 Å². The van der Waals surface area contributed by atoms with Crippen LogP contribution in [0, 0.1) is 0 Å². The third kappa shape index (κ3) is 3.76. The lowest BCUT2D eigenvalue weighted by molar-refractivity contribution is -0.148. The second-order valence-corrected chi connectivity index (χ2v) is 4.97. The van der Waals surface area contributed by atoms with Crippen molar-refractivity contribution in [2.24, 2.45) is 0 Å². The number of hydrogen-bond acceptors (Lipinski definition) is 5. The number of amides is 2. The number of hydrogen-bond donors (Lipinski definition) is 1. The molecule has 1 rings (SSSR count). The molecular formula is C13H22N2O4. The van der Waals surface area contributed by atoms with Crippen molar-refractivity contribution in [1.82, 2.24) is 10.2 Å². The Hall–Kier alpha value is -1.43. The second-order valence-electron chi connectivity index (χ2n) is 4.97. The number of rotatable bonds is 7. The number of ether oxygens (including phenoxy) is 1. The number of nitrogens with one attached hydrogen (secondary N) is 1. The van der Waals surface area contributed by atoms with Gasteiger partial charge in [-0.25, -0.2) is 0 Å². The summed E-state index contributed by atoms with van der Waals surface area (Å²) in [5.41, 5.74) is -0.715. The first kappa shape index (κ1) is 15.6. The molecule has 1 unspecified atom stereocenters. The number of carbonyl (C=O) groups excluding carboxylic acids is 3. The fraction of sp³-hybridized carbons (Fsp3) is 0.769. The summed E-state index contributed by atoms with van der Waals surface area (Å²) in [6.45, 7) is 2.23. The van der Waals surface area contributed by atoms with Crippen LogP contribution in [-0.4, -0.2) is 48.9 Å². The number of methoxy groups -OCH3 is 1. The van der Waals surface area contributed by atoms with Crippen LogP contribution in [0.25, 0.3) is 0 Å². The van der Waals surface area contributed by atoms with Crippen LogP contribution in [0.2, 0.25) is 0 Å². The Bertz CT molecular complexity index is 354. The number of imide groups is 1. The standard InChI is InChI=1S/C13H22N2O4/c1-13(14-2,12(18)19-3)8-4-5-9-15-10(16)6-7-11(15)17/h14H,4-9H2,1-3H3. The SMILES string of the molecule is CNC(C)(CCCCN1C(=O)CCC1=O)C(=O)OC. The average Bonchev–Trinajstić information content (AvgIpc) is 2.73. The van der Waals surface area contributed by atoms with Gasteiger partial charge in [-0.05, 0) is 33.2 Å². The summed E-state index contributed by atoms with van der Waals surface area (Å²) in [5.74, 6) is -0.480. The summed E-state index contributed by atoms with van der Waals surface area (Å²) < 4.78 is 4.75. The molecule has 0 saturated carbocycles. The highest BCUT2D eigenvalue weighted by atomic mass is 16.5. The van der Waals surface area contributed by atoms with E-state index in [-0.39, 0.29) is 17.8 Å². The van der Waals surface area contributed by atoms with Crippen LogP contribution >= 0.6 is 0 Å². The minimum atomic E-state index is -0.715. The van der Waals surface area contributed by atoms with Gasteiger partial charge in [-0.2, -0.15) is 0 Å². The topological polar surface area (TPSA) is 75.7 Å². The Morgan fingerprint density at radius 2 is 1.89 bits per heavy atom. The van der Waals surface area contributed by atoms with Crippen molar-refractivity contribution in [3.05, 3.63) is 0 Å². The zero-order valence-electron chi connectivity index (χ0n) is 11.8. The molecular weight excluding hydrogens is 248 g/mol. The molecule has 1 fully saturated rings. The van der Waals surface area contributed by atoms with E-state index < -0.39 is 5.54 Å². The number of unbranched alkanes of at least 4 members (excludes halogenated alkanes) is 1. The van der Waals surface area contributed by atoms with Gasteiger partial charge in [0.1, 0.15) is 5.54 Å². The lowest BCUT2D eigenvalue weighted by Crippen LogP contribution is -2.48. The molecule has 0 aliphatic carbocycles. The molecule has 1 atom stereocenters. The number of likely N-dealkylation sites (N-methyl/N-ethyl adjacent to an activating group) is 1. The van der Waals surface area contributed by atoms with Gasteiger partial charge in [0.2, 0.25) is 11.8 Å². The quantitative estimate of drug-likeness (QED) is 0.413. The van der Waals surface area contributed by atoms with Crippen molar-refractivity contribution >= 4 is 17.8 Å². The zero-order chi connectivity index (χ0) is 14.5. The lowest BCUT2D eigenvalue weighted by Gasteiger charge is -2.26. The first-order valence-corrected chi connectivity index (χ1v) is 6.55. The molecule has 1 N–H and O–H groups in total. The zero-order valence-corrected chi connectivity index (χ0v) is 11.8. The van der Waals surface area contributed by atoms with E-state index in [2.05, 4.69) is 5.32 Å². The van der Waals surface area contributed by atoms with E-state index >= 15 is 0 Å². The summed E-state index contributed by atoms with van der Waals surface area (Å²) >= 11 is 0. The Labute approximate surface area is 113 Å². The molecule has 0 radical (unpaired) electrons. The third-order valence-electron chi connectivity index (χ3n) is 3.65. The van der Waals surface area contributed by atoms with Gasteiger partial charge >= 0.3 is 5.97 Å². The molecule has 1 saturated heterocycles. The summed E-state index contributed by atoms with van der Waals surface area (Å²) in [6.07, 6.45) is 2.70. The van der Waals surface area contributed by atoms with Crippen molar-refractivity contribution in [2.75, 3.05) is 20.7 Å². The summed E-state index contributed by atoms with van der Waals surface area (Å²) in [7, 11) is 3.07. The van der Waals surface area contributed by atoms with E-state index in [1.54, 1.807) is 14.0 Å². The third-order valence-corrected chi connectivity index (χ3v) is 3.65. The van der Waals surface area contributed by atoms with Crippen LogP contribution < -0.4 is 5.32 Å². The highest BCUT2D eigenvalue weighted by Crippen LogP contribution is 2.17. The molecule has 6 nitrogen and oxygen atoms in total. The maximum Gasteiger partial charge on any atom is 0.325 e. The van der Waals surface area contributed by atoms with Crippen molar-refractivity contribution < 1.29 is 19.1 Å². The van der Waals surface area contributed by atoms with E-state index in [9.17, 15) is 14.4 Å². The van der Waals surface area contributed by atoms with Crippen molar-refractivity contribution in [3.8, 4) is 0 Å². The van der Waals surface area contributed by atoms with Crippen LogP contribution in [0.3, 0.4) is 0 Å². The minimum Gasteiger partial charge on any atom is -0.468 e. The fourth-order valence-corrected chi connectivity index (χ4v) is 2.18. The van der Waals surface area contributed by atoms with Gasteiger partial charge in [-0.3, -0.25) is 19.3 Å². The van der Waals surface area contributed by atoms with E-state index in [4.69, 9.17) is 4.74 Å². The maximum absolute atomic E-state index is 11.6. The van der Waals surface area contributed by atoms with Crippen molar-refractivity contribution in [1.29, 1.82) is 0 Å². The molecule has 19 heavy (non-hydrogen) atoms. The van der Waals surface area contributed by atoms with E-state index in [0.29, 0.717) is 32.2 Å². The number of carbonyl (C=O) groups is 3. The molecule has 2 amide bonds. The smallest absolute Gasteiger partial charge is 0.325 e. The molecule has 1 aliphatic rings. The molecule has 6 heteroatoms. The number of likely N-dealkylation sites (tertiary alicyclic amines) is 1. The van der Waals surface area contributed by atoms with Crippen LogP contribution in [0.4, 0.5) is 0 Å². The first-order chi connectivity index (χ1) is 8.94. The maximum atomic E-state index is 11.6. The van der Waals surface area contributed by atoms with E-state index in [1.165, 1.54) is 12.0 Å².